The Balaban J connectivity index is 1.13. The summed E-state index contributed by atoms with van der Waals surface area (Å²) >= 11 is 0. The summed E-state index contributed by atoms with van der Waals surface area (Å²) in [5.74, 6) is 1.96. The lowest BCUT2D eigenvalue weighted by atomic mass is 9.83. The van der Waals surface area contributed by atoms with Crippen molar-refractivity contribution in [3.8, 4) is 11.5 Å². The fraction of sp³-hybridized carbons (Fsp3) is 0.400. The Hall–Kier alpha value is -2.00. The van der Waals surface area contributed by atoms with Crippen LogP contribution in [0.25, 0.3) is 0 Å². The molecule has 4 rings (SSSR count). The molecular formula is C20H23NO2. The second kappa shape index (κ2) is 6.63. The molecule has 1 N–H and O–H groups in total. The van der Waals surface area contributed by atoms with Gasteiger partial charge in [0.1, 0.15) is 23.7 Å². The largest absolute Gasteiger partial charge is 0.490 e. The van der Waals surface area contributed by atoms with Gasteiger partial charge in [-0.2, -0.15) is 0 Å². The Kier molecular flexibility index (Phi) is 4.20. The van der Waals surface area contributed by atoms with E-state index in [0.29, 0.717) is 24.3 Å². The monoisotopic (exact) mass is 309 g/mol. The quantitative estimate of drug-likeness (QED) is 0.880. The lowest BCUT2D eigenvalue weighted by Crippen LogP contribution is -2.56. The van der Waals surface area contributed by atoms with Crippen LogP contribution in [0.1, 0.15) is 25.7 Å². The first-order valence-corrected chi connectivity index (χ1v) is 8.54. The Morgan fingerprint density at radius 3 is 1.39 bits per heavy atom. The van der Waals surface area contributed by atoms with Crippen LogP contribution in [0.4, 0.5) is 0 Å². The van der Waals surface area contributed by atoms with Crippen LogP contribution in [-0.4, -0.2) is 24.3 Å². The Bertz CT molecular complexity index is 549. The SMILES string of the molecule is c1ccc(OC2CC(NC3CC(Oc4ccccc4)C3)C2)cc1. The third-order valence-corrected chi connectivity index (χ3v) is 4.75. The molecule has 0 aliphatic heterocycles. The van der Waals surface area contributed by atoms with Gasteiger partial charge in [0.2, 0.25) is 0 Å². The van der Waals surface area contributed by atoms with Crippen molar-refractivity contribution in [2.75, 3.05) is 0 Å². The van der Waals surface area contributed by atoms with Crippen molar-refractivity contribution in [1.82, 2.24) is 5.32 Å². The van der Waals surface area contributed by atoms with Gasteiger partial charge in [-0.15, -0.1) is 0 Å². The average Bonchev–Trinajstić information content (AvgIpc) is 2.52. The summed E-state index contributed by atoms with van der Waals surface area (Å²) in [6, 6.07) is 21.4. The van der Waals surface area contributed by atoms with Gasteiger partial charge < -0.3 is 14.8 Å². The second-order valence-corrected chi connectivity index (χ2v) is 6.61. The van der Waals surface area contributed by atoms with E-state index in [1.165, 1.54) is 0 Å². The summed E-state index contributed by atoms with van der Waals surface area (Å²) < 4.78 is 11.9. The van der Waals surface area contributed by atoms with E-state index in [1.807, 2.05) is 60.7 Å². The van der Waals surface area contributed by atoms with E-state index < -0.39 is 0 Å². The van der Waals surface area contributed by atoms with Crippen LogP contribution in [-0.2, 0) is 0 Å². The minimum absolute atomic E-state index is 0.367. The molecule has 0 bridgehead atoms. The number of para-hydroxylation sites is 2. The summed E-state index contributed by atoms with van der Waals surface area (Å²) in [6.07, 6.45) is 5.16. The Labute approximate surface area is 137 Å². The van der Waals surface area contributed by atoms with Crippen molar-refractivity contribution in [3.05, 3.63) is 60.7 Å². The van der Waals surface area contributed by atoms with Gasteiger partial charge in [-0.05, 0) is 49.9 Å². The number of hydrogen-bond donors (Lipinski definition) is 1. The number of ether oxygens (including phenoxy) is 2. The Morgan fingerprint density at radius 2 is 1.00 bits per heavy atom. The van der Waals surface area contributed by atoms with Gasteiger partial charge in [0.15, 0.2) is 0 Å². The highest BCUT2D eigenvalue weighted by Gasteiger charge is 2.37. The minimum atomic E-state index is 0.367. The molecule has 23 heavy (non-hydrogen) atoms. The molecule has 0 heterocycles. The molecule has 0 atom stereocenters. The van der Waals surface area contributed by atoms with Crippen LogP contribution in [0.5, 0.6) is 11.5 Å². The highest BCUT2D eigenvalue weighted by Crippen LogP contribution is 2.31. The van der Waals surface area contributed by atoms with Crippen molar-refractivity contribution in [2.45, 2.75) is 50.0 Å². The lowest BCUT2D eigenvalue weighted by Gasteiger charge is -2.43. The minimum Gasteiger partial charge on any atom is -0.490 e. The maximum Gasteiger partial charge on any atom is 0.119 e. The van der Waals surface area contributed by atoms with E-state index in [2.05, 4.69) is 5.32 Å². The van der Waals surface area contributed by atoms with E-state index in [-0.39, 0.29) is 0 Å². The first-order chi connectivity index (χ1) is 11.3. The molecule has 0 spiro atoms. The fourth-order valence-corrected chi connectivity index (χ4v) is 3.31. The van der Waals surface area contributed by atoms with Crippen LogP contribution in [0.2, 0.25) is 0 Å². The van der Waals surface area contributed by atoms with Gasteiger partial charge in [0.05, 0.1) is 0 Å². The van der Waals surface area contributed by atoms with Crippen molar-refractivity contribution >= 4 is 0 Å². The van der Waals surface area contributed by atoms with Crippen LogP contribution in [0.15, 0.2) is 60.7 Å². The number of hydrogen-bond acceptors (Lipinski definition) is 3. The molecule has 0 saturated heterocycles. The van der Waals surface area contributed by atoms with Gasteiger partial charge in [0.25, 0.3) is 0 Å². The van der Waals surface area contributed by atoms with Gasteiger partial charge in [-0.1, -0.05) is 36.4 Å². The van der Waals surface area contributed by atoms with E-state index in [9.17, 15) is 0 Å². The van der Waals surface area contributed by atoms with Gasteiger partial charge in [-0.25, -0.2) is 0 Å². The highest BCUT2D eigenvalue weighted by molar-refractivity contribution is 5.22. The predicted molar refractivity (Wildman–Crippen MR) is 90.9 cm³/mol. The van der Waals surface area contributed by atoms with E-state index in [4.69, 9.17) is 9.47 Å². The smallest absolute Gasteiger partial charge is 0.119 e. The Morgan fingerprint density at radius 1 is 0.609 bits per heavy atom. The number of benzene rings is 2. The van der Waals surface area contributed by atoms with E-state index in [0.717, 1.165) is 37.2 Å². The molecule has 2 aromatic carbocycles. The molecule has 0 unspecified atom stereocenters. The summed E-state index contributed by atoms with van der Waals surface area (Å²) in [7, 11) is 0. The van der Waals surface area contributed by atoms with Crippen LogP contribution < -0.4 is 14.8 Å². The first-order valence-electron chi connectivity index (χ1n) is 8.54. The van der Waals surface area contributed by atoms with Crippen molar-refractivity contribution in [2.24, 2.45) is 0 Å². The molecule has 0 amide bonds. The zero-order valence-corrected chi connectivity index (χ0v) is 13.2. The molecule has 0 radical (unpaired) electrons. The summed E-state index contributed by atoms with van der Waals surface area (Å²) in [6.45, 7) is 0. The normalized spacial score (nSPS) is 29.2. The summed E-state index contributed by atoms with van der Waals surface area (Å²) in [4.78, 5) is 0. The van der Waals surface area contributed by atoms with Crippen molar-refractivity contribution in [1.29, 1.82) is 0 Å². The second-order valence-electron chi connectivity index (χ2n) is 6.61. The molecule has 2 aromatic rings. The molecular weight excluding hydrogens is 286 g/mol. The van der Waals surface area contributed by atoms with E-state index in [1.54, 1.807) is 0 Å². The predicted octanol–water partition coefficient (Wildman–Crippen LogP) is 3.80. The molecule has 2 aliphatic rings. The topological polar surface area (TPSA) is 30.5 Å². The summed E-state index contributed by atoms with van der Waals surface area (Å²) in [5, 5.41) is 3.72. The molecule has 2 aliphatic carbocycles. The lowest BCUT2D eigenvalue weighted by molar-refractivity contribution is 0.0409. The first kappa shape index (κ1) is 14.6. The molecule has 3 heteroatoms. The number of rotatable bonds is 6. The van der Waals surface area contributed by atoms with Gasteiger partial charge in [0, 0.05) is 12.1 Å². The highest BCUT2D eigenvalue weighted by atomic mass is 16.5. The van der Waals surface area contributed by atoms with Gasteiger partial charge in [-0.3, -0.25) is 0 Å². The third-order valence-electron chi connectivity index (χ3n) is 4.75. The van der Waals surface area contributed by atoms with Crippen LogP contribution in [0, 0.1) is 0 Å². The maximum atomic E-state index is 5.95. The standard InChI is InChI=1S/C20H23NO2/c1-3-7-17(8-4-1)22-19-11-15(12-19)21-16-13-20(14-16)23-18-9-5-2-6-10-18/h1-10,15-16,19-21H,11-14H2. The number of nitrogens with one attached hydrogen (secondary N) is 1. The zero-order valence-electron chi connectivity index (χ0n) is 13.2. The van der Waals surface area contributed by atoms with Crippen molar-refractivity contribution < 1.29 is 9.47 Å². The third kappa shape index (κ3) is 3.67. The summed E-state index contributed by atoms with van der Waals surface area (Å²) in [5.41, 5.74) is 0. The van der Waals surface area contributed by atoms with Crippen LogP contribution in [0.3, 0.4) is 0 Å². The van der Waals surface area contributed by atoms with Crippen LogP contribution >= 0.6 is 0 Å². The zero-order chi connectivity index (χ0) is 15.5. The maximum absolute atomic E-state index is 5.95. The fourth-order valence-electron chi connectivity index (χ4n) is 3.31. The molecule has 0 aromatic heterocycles. The molecule has 2 saturated carbocycles. The van der Waals surface area contributed by atoms with Gasteiger partial charge >= 0.3 is 0 Å². The molecule has 120 valence electrons. The van der Waals surface area contributed by atoms with Crippen molar-refractivity contribution in [3.63, 3.8) is 0 Å². The molecule has 3 nitrogen and oxygen atoms in total. The molecule has 2 fully saturated rings. The van der Waals surface area contributed by atoms with E-state index >= 15 is 0 Å². The average molecular weight is 309 g/mol.